The number of nitrogens with two attached hydrogens (primary N) is 1. The minimum Gasteiger partial charge on any atom is -0.409 e. The molecule has 0 atom stereocenters. The van der Waals surface area contributed by atoms with Crippen molar-refractivity contribution in [1.82, 2.24) is 4.98 Å². The molecule has 0 aliphatic rings. The summed E-state index contributed by atoms with van der Waals surface area (Å²) in [5.41, 5.74) is 4.95. The van der Waals surface area contributed by atoms with Crippen molar-refractivity contribution in [2.24, 2.45) is 10.9 Å². The molecule has 0 spiro atoms. The fourth-order valence-corrected chi connectivity index (χ4v) is 1.90. The molecule has 0 unspecified atom stereocenters. The number of rotatable bonds is 4. The summed E-state index contributed by atoms with van der Waals surface area (Å²) in [7, 11) is 0. The third-order valence-electron chi connectivity index (χ3n) is 1.75. The summed E-state index contributed by atoms with van der Waals surface area (Å²) in [6.07, 6.45) is 0. The summed E-state index contributed by atoms with van der Waals surface area (Å²) in [5.74, 6) is -0.372. The minimum absolute atomic E-state index is 0.122. The Morgan fingerprint density at radius 2 is 2.29 bits per heavy atom. The monoisotopic (exact) mass is 256 g/mol. The van der Waals surface area contributed by atoms with Gasteiger partial charge in [0, 0.05) is 11.3 Å². The van der Waals surface area contributed by atoms with E-state index in [1.807, 2.05) is 13.8 Å². The van der Waals surface area contributed by atoms with Crippen LogP contribution in [0.15, 0.2) is 22.3 Å². The average molecular weight is 256 g/mol. The molecule has 92 valence electrons. The Bertz CT molecular complexity index is 462. The van der Waals surface area contributed by atoms with Crippen LogP contribution in [-0.2, 0) is 0 Å². The van der Waals surface area contributed by atoms with Crippen LogP contribution in [0.3, 0.4) is 0 Å². The predicted octanol–water partition coefficient (Wildman–Crippen LogP) is 1.58. The Balaban J connectivity index is 3.24. The number of hydrogen-bond acceptors (Lipinski definition) is 6. The molecule has 0 amide bonds. The number of pyridine rings is 1. The molecule has 1 aromatic heterocycles. The van der Waals surface area contributed by atoms with Crippen LogP contribution in [0.5, 0.6) is 0 Å². The third-order valence-corrected chi connectivity index (χ3v) is 2.69. The Morgan fingerprint density at radius 3 is 2.76 bits per heavy atom. The zero-order chi connectivity index (χ0) is 13.0. The number of aromatic nitrogens is 1. The number of oxime groups is 1. The molecule has 1 aromatic rings. The summed E-state index contributed by atoms with van der Waals surface area (Å²) in [4.78, 5) is 14.1. The summed E-state index contributed by atoms with van der Waals surface area (Å²) >= 11 is 1.44. The topological polar surface area (TPSA) is 115 Å². The predicted molar refractivity (Wildman–Crippen MR) is 64.4 cm³/mol. The van der Waals surface area contributed by atoms with E-state index in [0.29, 0.717) is 5.03 Å². The largest absolute Gasteiger partial charge is 0.409 e. The lowest BCUT2D eigenvalue weighted by Gasteiger charge is -2.06. The smallest absolute Gasteiger partial charge is 0.298 e. The molecule has 0 aliphatic carbocycles. The van der Waals surface area contributed by atoms with Gasteiger partial charge in [-0.3, -0.25) is 10.1 Å². The van der Waals surface area contributed by atoms with Gasteiger partial charge >= 0.3 is 0 Å². The molecule has 0 aliphatic heterocycles. The lowest BCUT2D eigenvalue weighted by Crippen LogP contribution is -2.17. The summed E-state index contributed by atoms with van der Waals surface area (Å²) in [6, 6.07) is 2.84. The first-order valence-corrected chi connectivity index (χ1v) is 5.63. The molecule has 17 heavy (non-hydrogen) atoms. The Morgan fingerprint density at radius 1 is 1.65 bits per heavy atom. The third kappa shape index (κ3) is 3.31. The maximum Gasteiger partial charge on any atom is 0.298 e. The lowest BCUT2D eigenvalue weighted by atomic mass is 10.3. The summed E-state index contributed by atoms with van der Waals surface area (Å²) < 4.78 is 0. The molecule has 0 bridgehead atoms. The van der Waals surface area contributed by atoms with E-state index in [4.69, 9.17) is 10.9 Å². The van der Waals surface area contributed by atoms with Crippen molar-refractivity contribution in [3.8, 4) is 0 Å². The van der Waals surface area contributed by atoms with E-state index in [2.05, 4.69) is 10.1 Å². The van der Waals surface area contributed by atoms with Crippen LogP contribution in [0, 0.1) is 10.1 Å². The van der Waals surface area contributed by atoms with Gasteiger partial charge in [0.15, 0.2) is 11.5 Å². The molecule has 0 saturated heterocycles. The van der Waals surface area contributed by atoms with E-state index in [-0.39, 0.29) is 22.5 Å². The molecule has 0 fully saturated rings. The Kier molecular flexibility index (Phi) is 4.27. The average Bonchev–Trinajstić information content (AvgIpc) is 2.26. The van der Waals surface area contributed by atoms with Crippen LogP contribution < -0.4 is 5.73 Å². The molecule has 0 saturated carbocycles. The second-order valence-electron chi connectivity index (χ2n) is 3.43. The van der Waals surface area contributed by atoms with E-state index in [9.17, 15) is 10.1 Å². The SMILES string of the molecule is CC(C)Sc1ccc([N+](=O)[O-])c(/C(N)=N/O)n1. The first-order chi connectivity index (χ1) is 7.95. The van der Waals surface area contributed by atoms with E-state index < -0.39 is 4.92 Å². The minimum atomic E-state index is -0.621. The van der Waals surface area contributed by atoms with Gasteiger partial charge in [0.1, 0.15) is 0 Å². The second kappa shape index (κ2) is 5.48. The summed E-state index contributed by atoms with van der Waals surface area (Å²) in [5, 5.41) is 22.9. The van der Waals surface area contributed by atoms with Gasteiger partial charge in [-0.1, -0.05) is 19.0 Å². The Labute approximate surface area is 102 Å². The van der Waals surface area contributed by atoms with E-state index in [0.717, 1.165) is 0 Å². The number of nitro groups is 1. The van der Waals surface area contributed by atoms with Gasteiger partial charge < -0.3 is 10.9 Å². The molecule has 0 aromatic carbocycles. The van der Waals surface area contributed by atoms with Crippen LogP contribution in [0.4, 0.5) is 5.69 Å². The van der Waals surface area contributed by atoms with Gasteiger partial charge in [-0.2, -0.15) is 0 Å². The number of amidine groups is 1. The van der Waals surface area contributed by atoms with Crippen molar-refractivity contribution >= 4 is 23.3 Å². The summed E-state index contributed by atoms with van der Waals surface area (Å²) in [6.45, 7) is 3.94. The number of nitrogens with zero attached hydrogens (tertiary/aromatic N) is 3. The number of thioether (sulfide) groups is 1. The van der Waals surface area contributed by atoms with Gasteiger partial charge in [-0.15, -0.1) is 11.8 Å². The van der Waals surface area contributed by atoms with Crippen molar-refractivity contribution in [1.29, 1.82) is 0 Å². The van der Waals surface area contributed by atoms with Crippen molar-refractivity contribution in [3.63, 3.8) is 0 Å². The van der Waals surface area contributed by atoms with Gasteiger partial charge in [0.2, 0.25) is 0 Å². The first-order valence-electron chi connectivity index (χ1n) is 4.75. The highest BCUT2D eigenvalue weighted by atomic mass is 32.2. The highest BCUT2D eigenvalue weighted by Gasteiger charge is 2.20. The molecule has 8 heteroatoms. The Hall–Kier alpha value is -1.83. The molecular formula is C9H12N4O3S. The standard InChI is InChI=1S/C9H12N4O3S/c1-5(2)17-7-4-3-6(13(15)16)8(11-7)9(10)12-14/h3-5,14H,1-2H3,(H2,10,12). The molecule has 1 rings (SSSR count). The number of hydrogen-bond donors (Lipinski definition) is 2. The van der Waals surface area contributed by atoms with Gasteiger partial charge in [-0.05, 0) is 6.07 Å². The molecular weight excluding hydrogens is 244 g/mol. The zero-order valence-electron chi connectivity index (χ0n) is 9.32. The van der Waals surface area contributed by atoms with Crippen molar-refractivity contribution in [2.45, 2.75) is 24.1 Å². The molecule has 7 nitrogen and oxygen atoms in total. The highest BCUT2D eigenvalue weighted by Crippen LogP contribution is 2.25. The van der Waals surface area contributed by atoms with E-state index in [1.165, 1.54) is 23.9 Å². The van der Waals surface area contributed by atoms with Crippen LogP contribution >= 0.6 is 11.8 Å². The van der Waals surface area contributed by atoms with Crippen molar-refractivity contribution in [3.05, 3.63) is 27.9 Å². The van der Waals surface area contributed by atoms with E-state index in [1.54, 1.807) is 0 Å². The molecule has 1 heterocycles. The molecule has 0 radical (unpaired) electrons. The van der Waals surface area contributed by atoms with Crippen molar-refractivity contribution in [2.75, 3.05) is 0 Å². The first kappa shape index (κ1) is 13.2. The van der Waals surface area contributed by atoms with E-state index >= 15 is 0 Å². The fraction of sp³-hybridized carbons (Fsp3) is 0.333. The lowest BCUT2D eigenvalue weighted by molar-refractivity contribution is -0.385. The van der Waals surface area contributed by atoms with Crippen LogP contribution in [0.25, 0.3) is 0 Å². The van der Waals surface area contributed by atoms with Crippen molar-refractivity contribution < 1.29 is 10.1 Å². The maximum absolute atomic E-state index is 10.7. The normalized spacial score (nSPS) is 11.8. The zero-order valence-corrected chi connectivity index (χ0v) is 10.1. The second-order valence-corrected chi connectivity index (χ2v) is 5.02. The van der Waals surface area contributed by atoms with Gasteiger partial charge in [0.25, 0.3) is 5.69 Å². The van der Waals surface area contributed by atoms with Crippen LogP contribution in [-0.4, -0.2) is 26.2 Å². The van der Waals surface area contributed by atoms with Gasteiger partial charge in [0.05, 0.1) is 9.95 Å². The fourth-order valence-electron chi connectivity index (χ4n) is 1.12. The highest BCUT2D eigenvalue weighted by molar-refractivity contribution is 7.99. The maximum atomic E-state index is 10.7. The quantitative estimate of drug-likeness (QED) is 0.211. The van der Waals surface area contributed by atoms with Gasteiger partial charge in [-0.25, -0.2) is 4.98 Å². The molecule has 3 N–H and O–H groups in total. The van der Waals surface area contributed by atoms with Crippen LogP contribution in [0.1, 0.15) is 19.5 Å². The van der Waals surface area contributed by atoms with Crippen LogP contribution in [0.2, 0.25) is 0 Å².